The summed E-state index contributed by atoms with van der Waals surface area (Å²) in [5.74, 6) is -0.868. The minimum atomic E-state index is -0.868. The van der Waals surface area contributed by atoms with E-state index in [9.17, 15) is 4.79 Å². The van der Waals surface area contributed by atoms with Crippen LogP contribution in [0, 0.1) is 0 Å². The number of nitrogens with zero attached hydrogens (tertiary/aromatic N) is 1. The molecule has 4 heteroatoms. The van der Waals surface area contributed by atoms with Gasteiger partial charge in [-0.2, -0.15) is 0 Å². The molecule has 0 aliphatic carbocycles. The summed E-state index contributed by atoms with van der Waals surface area (Å²) in [4.78, 5) is 11.0. The Kier molecular flexibility index (Phi) is 5.06. The fourth-order valence-electron chi connectivity index (χ4n) is 1.81. The third-order valence-corrected chi connectivity index (χ3v) is 3.17. The summed E-state index contributed by atoms with van der Waals surface area (Å²) < 4.78 is 2.66. The fraction of sp³-hybridized carbons (Fsp3) is 0.583. The lowest BCUT2D eigenvalue weighted by Gasteiger charge is -2.15. The van der Waals surface area contributed by atoms with Gasteiger partial charge in [0.15, 0.2) is 0 Å². The minimum Gasteiger partial charge on any atom is -0.477 e. The van der Waals surface area contributed by atoms with Gasteiger partial charge in [-0.25, -0.2) is 4.79 Å². The lowest BCUT2D eigenvalue weighted by Crippen LogP contribution is -2.11. The summed E-state index contributed by atoms with van der Waals surface area (Å²) in [6.07, 6.45) is 6.41. The Morgan fingerprint density at radius 2 is 2.25 bits per heavy atom. The van der Waals surface area contributed by atoms with Crippen LogP contribution >= 0.6 is 15.9 Å². The van der Waals surface area contributed by atoms with E-state index < -0.39 is 5.97 Å². The van der Waals surface area contributed by atoms with E-state index in [0.29, 0.717) is 5.69 Å². The van der Waals surface area contributed by atoms with Gasteiger partial charge in [0.05, 0.1) is 0 Å². The van der Waals surface area contributed by atoms with Crippen LogP contribution in [0.4, 0.5) is 0 Å². The molecule has 0 saturated heterocycles. The first-order valence-corrected chi connectivity index (χ1v) is 6.46. The first kappa shape index (κ1) is 13.3. The Bertz CT molecular complexity index is 360. The van der Waals surface area contributed by atoms with E-state index in [0.717, 1.165) is 17.3 Å². The normalized spacial score (nSPS) is 12.7. The standard InChI is InChI=1S/C12H18BrNO2/c1-3-4-5-6-9(2)14-8-10(13)7-11(14)12(15)16/h7-9H,3-6H2,1-2H3,(H,15,16). The molecule has 0 bridgehead atoms. The minimum absolute atomic E-state index is 0.240. The first-order valence-electron chi connectivity index (χ1n) is 5.67. The molecule has 1 aromatic rings. The number of aromatic nitrogens is 1. The van der Waals surface area contributed by atoms with Gasteiger partial charge in [-0.05, 0) is 35.3 Å². The summed E-state index contributed by atoms with van der Waals surface area (Å²) >= 11 is 3.32. The first-order chi connectivity index (χ1) is 7.56. The van der Waals surface area contributed by atoms with E-state index >= 15 is 0 Å². The average Bonchev–Trinajstić information content (AvgIpc) is 2.61. The van der Waals surface area contributed by atoms with Crippen molar-refractivity contribution in [3.05, 3.63) is 22.4 Å². The van der Waals surface area contributed by atoms with Gasteiger partial charge in [-0.3, -0.25) is 0 Å². The largest absolute Gasteiger partial charge is 0.477 e. The van der Waals surface area contributed by atoms with Gasteiger partial charge in [-0.15, -0.1) is 0 Å². The lowest BCUT2D eigenvalue weighted by molar-refractivity contribution is 0.0682. The summed E-state index contributed by atoms with van der Waals surface area (Å²) in [6.45, 7) is 4.23. The molecule has 0 aliphatic rings. The van der Waals surface area contributed by atoms with Crippen molar-refractivity contribution in [2.75, 3.05) is 0 Å². The Morgan fingerprint density at radius 3 is 2.81 bits per heavy atom. The summed E-state index contributed by atoms with van der Waals surface area (Å²) in [6, 6.07) is 1.89. The van der Waals surface area contributed by atoms with Crippen molar-refractivity contribution in [1.29, 1.82) is 0 Å². The van der Waals surface area contributed by atoms with Crippen molar-refractivity contribution in [2.45, 2.75) is 45.6 Å². The molecule has 0 spiro atoms. The zero-order chi connectivity index (χ0) is 12.1. The fourth-order valence-corrected chi connectivity index (χ4v) is 2.25. The molecule has 1 rings (SSSR count). The van der Waals surface area contributed by atoms with Gasteiger partial charge in [0.2, 0.25) is 0 Å². The number of halogens is 1. The van der Waals surface area contributed by atoms with Crippen LogP contribution in [0.2, 0.25) is 0 Å². The molecule has 0 radical (unpaired) electrons. The van der Waals surface area contributed by atoms with Crippen molar-refractivity contribution in [1.82, 2.24) is 4.57 Å². The molecule has 1 atom stereocenters. The van der Waals surface area contributed by atoms with Crippen LogP contribution in [-0.4, -0.2) is 15.6 Å². The zero-order valence-corrected chi connectivity index (χ0v) is 11.3. The van der Waals surface area contributed by atoms with E-state index in [-0.39, 0.29) is 6.04 Å². The highest BCUT2D eigenvalue weighted by Crippen LogP contribution is 2.23. The Hall–Kier alpha value is -0.770. The maximum atomic E-state index is 11.0. The van der Waals surface area contributed by atoms with Crippen molar-refractivity contribution in [2.24, 2.45) is 0 Å². The van der Waals surface area contributed by atoms with Crippen molar-refractivity contribution >= 4 is 21.9 Å². The monoisotopic (exact) mass is 287 g/mol. The molecule has 1 N–H and O–H groups in total. The summed E-state index contributed by atoms with van der Waals surface area (Å²) in [5.41, 5.74) is 0.357. The highest BCUT2D eigenvalue weighted by molar-refractivity contribution is 9.10. The number of hydrogen-bond acceptors (Lipinski definition) is 1. The van der Waals surface area contributed by atoms with E-state index in [2.05, 4.69) is 29.8 Å². The molecule has 90 valence electrons. The second-order valence-electron chi connectivity index (χ2n) is 4.10. The topological polar surface area (TPSA) is 42.2 Å². The molecule has 0 saturated carbocycles. The maximum absolute atomic E-state index is 11.0. The van der Waals surface area contributed by atoms with Gasteiger partial charge in [-0.1, -0.05) is 26.2 Å². The molecule has 1 heterocycles. The number of unbranched alkanes of at least 4 members (excludes halogenated alkanes) is 2. The van der Waals surface area contributed by atoms with Gasteiger partial charge in [0.1, 0.15) is 5.69 Å². The quantitative estimate of drug-likeness (QED) is 0.801. The Morgan fingerprint density at radius 1 is 1.56 bits per heavy atom. The highest BCUT2D eigenvalue weighted by atomic mass is 79.9. The van der Waals surface area contributed by atoms with Crippen molar-refractivity contribution in [3.63, 3.8) is 0 Å². The van der Waals surface area contributed by atoms with Crippen LogP contribution in [0.15, 0.2) is 16.7 Å². The van der Waals surface area contributed by atoms with Gasteiger partial charge < -0.3 is 9.67 Å². The molecular formula is C12H18BrNO2. The molecule has 16 heavy (non-hydrogen) atoms. The van der Waals surface area contributed by atoms with Crippen LogP contribution in [0.3, 0.4) is 0 Å². The van der Waals surface area contributed by atoms with Crippen molar-refractivity contribution in [3.8, 4) is 0 Å². The van der Waals surface area contributed by atoms with Crippen LogP contribution in [0.1, 0.15) is 56.1 Å². The number of aromatic carboxylic acids is 1. The van der Waals surface area contributed by atoms with Crippen LogP contribution < -0.4 is 0 Å². The Balaban J connectivity index is 2.73. The third kappa shape index (κ3) is 3.37. The Labute approximate surface area is 105 Å². The SMILES string of the molecule is CCCCCC(C)n1cc(Br)cc1C(=O)O. The molecule has 0 aliphatic heterocycles. The van der Waals surface area contributed by atoms with Crippen LogP contribution in [-0.2, 0) is 0 Å². The van der Waals surface area contributed by atoms with Gasteiger partial charge in [0, 0.05) is 16.7 Å². The van der Waals surface area contributed by atoms with E-state index in [4.69, 9.17) is 5.11 Å². The van der Waals surface area contributed by atoms with Gasteiger partial charge >= 0.3 is 5.97 Å². The summed E-state index contributed by atoms with van der Waals surface area (Å²) in [7, 11) is 0. The number of carboxylic acid groups (broad SMARTS) is 1. The number of hydrogen-bond donors (Lipinski definition) is 1. The van der Waals surface area contributed by atoms with E-state index in [1.807, 2.05) is 10.8 Å². The summed E-state index contributed by atoms with van der Waals surface area (Å²) in [5, 5.41) is 9.06. The number of rotatable bonds is 6. The molecule has 0 amide bonds. The second kappa shape index (κ2) is 6.09. The number of carboxylic acids is 1. The smallest absolute Gasteiger partial charge is 0.352 e. The molecule has 3 nitrogen and oxygen atoms in total. The highest BCUT2D eigenvalue weighted by Gasteiger charge is 2.15. The molecule has 0 fully saturated rings. The van der Waals surface area contributed by atoms with Crippen LogP contribution in [0.5, 0.6) is 0 Å². The zero-order valence-electron chi connectivity index (χ0n) is 9.74. The predicted octanol–water partition coefficient (Wildman–Crippen LogP) is 4.09. The van der Waals surface area contributed by atoms with Gasteiger partial charge in [0.25, 0.3) is 0 Å². The van der Waals surface area contributed by atoms with E-state index in [1.54, 1.807) is 6.07 Å². The molecule has 0 aromatic carbocycles. The van der Waals surface area contributed by atoms with E-state index in [1.165, 1.54) is 12.8 Å². The third-order valence-electron chi connectivity index (χ3n) is 2.73. The second-order valence-corrected chi connectivity index (χ2v) is 5.02. The number of carbonyl (C=O) groups is 1. The average molecular weight is 288 g/mol. The molecule has 1 aromatic heterocycles. The molecular weight excluding hydrogens is 270 g/mol. The predicted molar refractivity (Wildman–Crippen MR) is 67.9 cm³/mol. The maximum Gasteiger partial charge on any atom is 0.352 e. The van der Waals surface area contributed by atoms with Crippen LogP contribution in [0.25, 0.3) is 0 Å². The molecule has 1 unspecified atom stereocenters. The van der Waals surface area contributed by atoms with Crippen molar-refractivity contribution < 1.29 is 9.90 Å². The lowest BCUT2D eigenvalue weighted by atomic mass is 10.1.